The van der Waals surface area contributed by atoms with Crippen LogP contribution < -0.4 is 34.9 Å². The van der Waals surface area contributed by atoms with Crippen molar-refractivity contribution in [3.8, 4) is 17.2 Å². The summed E-state index contributed by atoms with van der Waals surface area (Å²) in [5.41, 5.74) is 1.80. The highest BCUT2D eigenvalue weighted by Gasteiger charge is 2.40. The van der Waals surface area contributed by atoms with Crippen molar-refractivity contribution in [2.75, 3.05) is 45.8 Å². The quantitative estimate of drug-likeness (QED) is 0.0413. The van der Waals surface area contributed by atoms with Crippen LogP contribution in [0.1, 0.15) is 115 Å². The van der Waals surface area contributed by atoms with Gasteiger partial charge in [0.05, 0.1) is 25.2 Å². The topological polar surface area (TPSA) is 216 Å². The van der Waals surface area contributed by atoms with Crippen LogP contribution in [0.4, 0.5) is 5.69 Å². The number of ketones is 2. The number of nitrogens with zero attached hydrogens (tertiary/aromatic N) is 1. The first-order valence-electron chi connectivity index (χ1n) is 23.3. The number of carbonyl (C=O) groups is 6. The highest BCUT2D eigenvalue weighted by atomic mass is 32.2. The minimum atomic E-state index is -3.94. The number of methoxy groups -OCH3 is 2. The lowest BCUT2D eigenvalue weighted by molar-refractivity contribution is -0.153. The van der Waals surface area contributed by atoms with Crippen molar-refractivity contribution in [3.05, 3.63) is 77.9 Å². The van der Waals surface area contributed by atoms with E-state index in [1.54, 1.807) is 46.3 Å². The molecule has 0 aliphatic carbocycles. The van der Waals surface area contributed by atoms with Gasteiger partial charge in [-0.3, -0.25) is 34.1 Å². The maximum absolute atomic E-state index is 14.2. The van der Waals surface area contributed by atoms with Gasteiger partial charge in [-0.1, -0.05) is 51.8 Å². The minimum absolute atomic E-state index is 0.0180. The predicted molar refractivity (Wildman–Crippen MR) is 254 cm³/mol. The van der Waals surface area contributed by atoms with Gasteiger partial charge < -0.3 is 29.7 Å². The zero-order chi connectivity index (χ0) is 48.6. The summed E-state index contributed by atoms with van der Waals surface area (Å²) in [6.45, 7) is 6.75. The molecule has 67 heavy (non-hydrogen) atoms. The Kier molecular flexibility index (Phi) is 19.3. The fourth-order valence-electron chi connectivity index (χ4n) is 8.17. The monoisotopic (exact) mass is 945 g/mol. The van der Waals surface area contributed by atoms with E-state index in [2.05, 4.69) is 20.7 Å². The van der Waals surface area contributed by atoms with Crippen molar-refractivity contribution in [1.82, 2.24) is 20.3 Å². The number of anilines is 1. The molecule has 2 saturated heterocycles. The maximum atomic E-state index is 14.2. The smallest absolute Gasteiger partial charge is 0.291 e. The molecular weight excluding hydrogens is 879 g/mol. The zero-order valence-corrected chi connectivity index (χ0v) is 40.3. The third-order valence-electron chi connectivity index (χ3n) is 12.7. The number of benzene rings is 3. The van der Waals surface area contributed by atoms with Crippen molar-refractivity contribution in [3.63, 3.8) is 0 Å². The average Bonchev–Trinajstić information content (AvgIpc) is 3.33. The van der Waals surface area contributed by atoms with E-state index in [-0.39, 0.29) is 48.4 Å². The number of hydrogen-bond acceptors (Lipinski definition) is 12. The van der Waals surface area contributed by atoms with Gasteiger partial charge in [-0.25, -0.2) is 8.42 Å². The summed E-state index contributed by atoms with van der Waals surface area (Å²) in [5.74, 6) is -1.02. The first-order valence-corrected chi connectivity index (χ1v) is 24.8. The Labute approximate surface area is 394 Å². The Morgan fingerprint density at radius 2 is 1.61 bits per heavy atom. The normalized spacial score (nSPS) is 16.9. The molecule has 3 atom stereocenters. The SMILES string of the molecule is CCC(C)(C)C(=O)C(=O)N1CCCCC1C(=O)C[C@H](CCc1ccc(OC)c(OC)c1)c1cccc(OCC(=O)NCCCCCCNc2ccc(S(=O)(=O)NC3CCC(=O)NC3=O)cc2)c1. The number of likely N-dealkylation sites (tertiary alicyclic amines) is 1. The predicted octanol–water partition coefficient (Wildman–Crippen LogP) is 6.02. The van der Waals surface area contributed by atoms with E-state index < -0.39 is 51.0 Å². The van der Waals surface area contributed by atoms with Crippen LogP contribution in [0.25, 0.3) is 0 Å². The van der Waals surface area contributed by atoms with E-state index >= 15 is 0 Å². The van der Waals surface area contributed by atoms with E-state index in [0.717, 1.165) is 55.3 Å². The number of imide groups is 1. The van der Waals surface area contributed by atoms with E-state index in [4.69, 9.17) is 14.2 Å². The highest BCUT2D eigenvalue weighted by Crippen LogP contribution is 2.34. The van der Waals surface area contributed by atoms with Crippen LogP contribution in [-0.4, -0.2) is 101 Å². The molecule has 17 heteroatoms. The Hall–Kier alpha value is -5.81. The van der Waals surface area contributed by atoms with Crippen LogP contribution in [0.15, 0.2) is 71.6 Å². The van der Waals surface area contributed by atoms with Gasteiger partial charge in [0.25, 0.3) is 11.8 Å². The average molecular weight is 946 g/mol. The lowest BCUT2D eigenvalue weighted by Crippen LogP contribution is -2.52. The highest BCUT2D eigenvalue weighted by molar-refractivity contribution is 7.89. The van der Waals surface area contributed by atoms with Gasteiger partial charge in [-0.05, 0) is 123 Å². The van der Waals surface area contributed by atoms with Crippen molar-refractivity contribution in [1.29, 1.82) is 0 Å². The first kappa shape index (κ1) is 52.2. The summed E-state index contributed by atoms with van der Waals surface area (Å²) < 4.78 is 44.8. The zero-order valence-electron chi connectivity index (χ0n) is 39.4. The molecular formula is C50H67N5O11S. The number of rotatable bonds is 26. The van der Waals surface area contributed by atoms with Gasteiger partial charge in [-0.2, -0.15) is 4.72 Å². The molecule has 0 spiro atoms. The summed E-state index contributed by atoms with van der Waals surface area (Å²) in [5, 5.41) is 8.34. The number of piperidine rings is 2. The number of amides is 4. The van der Waals surface area contributed by atoms with Crippen LogP contribution in [0.2, 0.25) is 0 Å². The van der Waals surface area contributed by atoms with E-state index in [1.165, 1.54) is 17.0 Å². The molecule has 0 aromatic heterocycles. The molecule has 5 rings (SSSR count). The summed E-state index contributed by atoms with van der Waals surface area (Å²) in [6.07, 6.45) is 7.52. The molecule has 3 aromatic rings. The molecule has 0 saturated carbocycles. The summed E-state index contributed by atoms with van der Waals surface area (Å²) in [6, 6.07) is 17.7. The molecule has 3 aromatic carbocycles. The van der Waals surface area contributed by atoms with Gasteiger partial charge in [-0.15, -0.1) is 0 Å². The second-order valence-corrected chi connectivity index (χ2v) is 19.6. The number of hydrogen-bond donors (Lipinski definition) is 4. The van der Waals surface area contributed by atoms with Crippen molar-refractivity contribution in [2.24, 2.45) is 5.41 Å². The molecule has 4 N–H and O–H groups in total. The third kappa shape index (κ3) is 15.1. The van der Waals surface area contributed by atoms with Gasteiger partial charge in [0.15, 0.2) is 23.9 Å². The number of carbonyl (C=O) groups excluding carboxylic acids is 6. The number of ether oxygens (including phenoxy) is 3. The standard InChI is InChI=1S/C50H67N5O11S/c1-6-50(2,3)47(59)49(61)55-29-12-9-16-41(55)42(56)32-36(19-17-34-18-25-43(64-4)44(30-34)65-5)35-14-13-15-38(31-35)66-33-46(58)52-28-11-8-7-10-27-51-37-20-22-39(23-21-37)67(62,63)54-40-24-26-45(57)53-48(40)60/h13-15,18,20-23,25,30-31,36,40-41,51,54H,6-12,16-17,19,24,26-29,32-33H2,1-5H3,(H,52,58)(H,53,57,60)/t36-,40?,41?/m0/s1. The van der Waals surface area contributed by atoms with Crippen LogP contribution >= 0.6 is 0 Å². The van der Waals surface area contributed by atoms with Crippen molar-refractivity contribution in [2.45, 2.75) is 127 Å². The lowest BCUT2D eigenvalue weighted by atomic mass is 9.82. The molecule has 16 nitrogen and oxygen atoms in total. The fraction of sp³-hybridized carbons (Fsp3) is 0.520. The molecule has 364 valence electrons. The molecule has 2 unspecified atom stereocenters. The maximum Gasteiger partial charge on any atom is 0.291 e. The summed E-state index contributed by atoms with van der Waals surface area (Å²) in [7, 11) is -0.780. The molecule has 0 bridgehead atoms. The Morgan fingerprint density at radius 1 is 0.881 bits per heavy atom. The van der Waals surface area contributed by atoms with Crippen LogP contribution in [0, 0.1) is 5.41 Å². The lowest BCUT2D eigenvalue weighted by Gasteiger charge is -2.36. The number of sulfonamides is 1. The van der Waals surface area contributed by atoms with Gasteiger partial charge in [0.2, 0.25) is 27.6 Å². The second-order valence-electron chi connectivity index (χ2n) is 17.9. The van der Waals surface area contributed by atoms with E-state index in [0.29, 0.717) is 62.6 Å². The van der Waals surface area contributed by atoms with E-state index in [1.807, 2.05) is 43.3 Å². The van der Waals surface area contributed by atoms with Crippen molar-refractivity contribution < 1.29 is 51.4 Å². The Balaban J connectivity index is 1.09. The summed E-state index contributed by atoms with van der Waals surface area (Å²) in [4.78, 5) is 78.7. The third-order valence-corrected chi connectivity index (χ3v) is 14.1. The molecule has 2 fully saturated rings. The Morgan fingerprint density at radius 3 is 2.31 bits per heavy atom. The van der Waals surface area contributed by atoms with E-state index in [9.17, 15) is 37.2 Å². The molecule has 2 aliphatic heterocycles. The van der Waals surface area contributed by atoms with Crippen LogP contribution in [0.3, 0.4) is 0 Å². The van der Waals surface area contributed by atoms with Gasteiger partial charge >= 0.3 is 0 Å². The van der Waals surface area contributed by atoms with Crippen LogP contribution in [-0.2, 0) is 45.2 Å². The molecule has 0 radical (unpaired) electrons. The molecule has 2 heterocycles. The van der Waals surface area contributed by atoms with Crippen LogP contribution in [0.5, 0.6) is 17.2 Å². The number of aryl methyl sites for hydroxylation is 1. The number of nitrogens with one attached hydrogen (secondary N) is 4. The minimum Gasteiger partial charge on any atom is -0.493 e. The molecule has 2 aliphatic rings. The Bertz CT molecular complexity index is 2320. The summed E-state index contributed by atoms with van der Waals surface area (Å²) >= 11 is 0. The number of unbranched alkanes of at least 4 members (excludes halogenated alkanes) is 3. The van der Waals surface area contributed by atoms with Gasteiger partial charge in [0.1, 0.15) is 11.8 Å². The fourth-order valence-corrected chi connectivity index (χ4v) is 9.40. The second kappa shape index (κ2) is 24.8. The van der Waals surface area contributed by atoms with Gasteiger partial charge in [0, 0.05) is 43.6 Å². The first-order chi connectivity index (χ1) is 32.0. The van der Waals surface area contributed by atoms with Crippen molar-refractivity contribution >= 4 is 50.9 Å². The largest absolute Gasteiger partial charge is 0.493 e. The molecule has 4 amide bonds. The number of Topliss-reactive ketones (excluding diaryl/α,β-unsaturated/α-hetero) is 2.